The molecule has 0 saturated carbocycles. The summed E-state index contributed by atoms with van der Waals surface area (Å²) in [5.41, 5.74) is 5.07. The number of rotatable bonds is 4. The van der Waals surface area contributed by atoms with Gasteiger partial charge < -0.3 is 24.4 Å². The van der Waals surface area contributed by atoms with E-state index in [-0.39, 0.29) is 12.2 Å². The molecule has 36 heavy (non-hydrogen) atoms. The molecule has 0 aliphatic carbocycles. The largest absolute Gasteiger partial charge is 0.370 e. The highest BCUT2D eigenvalue weighted by Crippen LogP contribution is 2.31. The highest BCUT2D eigenvalue weighted by atomic mass is 16.5. The van der Waals surface area contributed by atoms with Crippen LogP contribution in [0.2, 0.25) is 0 Å². The fraction of sp³-hybridized carbons (Fsp3) is 0.379. The molecule has 2 aliphatic heterocycles. The van der Waals surface area contributed by atoms with Crippen LogP contribution in [-0.4, -0.2) is 61.0 Å². The first-order chi connectivity index (χ1) is 17.6. The zero-order valence-electron chi connectivity index (χ0n) is 20.9. The Morgan fingerprint density at radius 2 is 1.94 bits per heavy atom. The van der Waals surface area contributed by atoms with Gasteiger partial charge in [-0.3, -0.25) is 4.98 Å². The summed E-state index contributed by atoms with van der Waals surface area (Å²) in [5.74, 6) is 0. The van der Waals surface area contributed by atoms with Gasteiger partial charge in [-0.1, -0.05) is 6.07 Å². The fourth-order valence-electron chi connectivity index (χ4n) is 5.80. The quantitative estimate of drug-likeness (QED) is 0.475. The molecule has 2 fully saturated rings. The van der Waals surface area contributed by atoms with Gasteiger partial charge in [0.05, 0.1) is 29.8 Å². The molecule has 2 aromatic heterocycles. The number of nitrogens with one attached hydrogen (secondary N) is 1. The highest BCUT2D eigenvalue weighted by Gasteiger charge is 2.27. The summed E-state index contributed by atoms with van der Waals surface area (Å²) >= 11 is 0. The zero-order valence-corrected chi connectivity index (χ0v) is 20.9. The lowest BCUT2D eigenvalue weighted by atomic mass is 10.1. The third-order valence-electron chi connectivity index (χ3n) is 7.57. The molecule has 1 N–H and O–H groups in total. The molecule has 0 amide bonds. The molecule has 7 heteroatoms. The first-order valence-electron chi connectivity index (χ1n) is 12.8. The number of fused-ring (bicyclic) bond motifs is 2. The van der Waals surface area contributed by atoms with Crippen LogP contribution in [-0.2, 0) is 11.3 Å². The molecule has 6 rings (SSSR count). The minimum Gasteiger partial charge on any atom is -0.370 e. The van der Waals surface area contributed by atoms with Crippen molar-refractivity contribution in [3.05, 3.63) is 66.1 Å². The van der Waals surface area contributed by atoms with Crippen LogP contribution < -0.4 is 15.1 Å². The Kier molecular flexibility index (Phi) is 6.00. The Labute approximate surface area is 211 Å². The smallest absolute Gasteiger partial charge is 0.101 e. The average Bonchev–Trinajstić information content (AvgIpc) is 3.22. The number of nitriles is 1. The Balaban J connectivity index is 1.26. The van der Waals surface area contributed by atoms with E-state index in [0.29, 0.717) is 5.56 Å². The number of nitrogens with zero attached hydrogens (tertiary/aromatic N) is 5. The number of ether oxygens (including phenoxy) is 1. The van der Waals surface area contributed by atoms with Crippen LogP contribution in [0.15, 0.2) is 54.9 Å². The van der Waals surface area contributed by atoms with Gasteiger partial charge in [-0.2, -0.15) is 5.26 Å². The average molecular weight is 481 g/mol. The van der Waals surface area contributed by atoms with Crippen molar-refractivity contribution in [3.8, 4) is 6.07 Å². The van der Waals surface area contributed by atoms with E-state index in [1.165, 1.54) is 22.2 Å². The van der Waals surface area contributed by atoms with E-state index in [9.17, 15) is 5.26 Å². The summed E-state index contributed by atoms with van der Waals surface area (Å²) in [4.78, 5) is 9.35. The third-order valence-corrected chi connectivity index (χ3v) is 7.57. The van der Waals surface area contributed by atoms with E-state index in [1.807, 2.05) is 12.1 Å². The van der Waals surface area contributed by atoms with Crippen molar-refractivity contribution >= 4 is 33.1 Å². The summed E-state index contributed by atoms with van der Waals surface area (Å²) < 4.78 is 8.78. The molecule has 4 heterocycles. The van der Waals surface area contributed by atoms with Crippen molar-refractivity contribution in [2.75, 3.05) is 49.1 Å². The molecule has 0 unspecified atom stereocenters. The summed E-state index contributed by atoms with van der Waals surface area (Å²) in [7, 11) is 0. The minimum absolute atomic E-state index is 0.0595. The second-order valence-electron chi connectivity index (χ2n) is 9.99. The number of hydrogen-bond acceptors (Lipinski definition) is 6. The summed E-state index contributed by atoms with van der Waals surface area (Å²) in [6, 6.07) is 17.1. The SMILES string of the molecule is Cc1c2ccc(N3CCNCC3)cc2cn1C[C@@H]1CN(c2ccc(C#N)c3ncccc23)C[C@@H](C)O1. The molecule has 2 atom stereocenters. The summed E-state index contributed by atoms with van der Waals surface area (Å²) in [6.07, 6.45) is 4.20. The molecule has 2 aromatic carbocycles. The van der Waals surface area contributed by atoms with E-state index in [2.05, 4.69) is 81.1 Å². The zero-order chi connectivity index (χ0) is 24.6. The maximum Gasteiger partial charge on any atom is 0.101 e. The molecule has 184 valence electrons. The van der Waals surface area contributed by atoms with Gasteiger partial charge in [0.2, 0.25) is 0 Å². The Bertz CT molecular complexity index is 1450. The molecular formula is C29H32N6O. The molecule has 0 bridgehead atoms. The Hall–Kier alpha value is -3.60. The van der Waals surface area contributed by atoms with Crippen molar-refractivity contribution < 1.29 is 4.74 Å². The lowest BCUT2D eigenvalue weighted by Crippen LogP contribution is -2.48. The molecule has 0 radical (unpaired) electrons. The van der Waals surface area contributed by atoms with Crippen molar-refractivity contribution in [1.82, 2.24) is 14.9 Å². The number of anilines is 2. The molecule has 7 nitrogen and oxygen atoms in total. The fourth-order valence-corrected chi connectivity index (χ4v) is 5.80. The minimum atomic E-state index is 0.0595. The lowest BCUT2D eigenvalue weighted by molar-refractivity contribution is -0.0240. The van der Waals surface area contributed by atoms with E-state index in [1.54, 1.807) is 6.20 Å². The number of aromatic nitrogens is 2. The van der Waals surface area contributed by atoms with Crippen LogP contribution in [0.4, 0.5) is 11.4 Å². The topological polar surface area (TPSA) is 69.3 Å². The van der Waals surface area contributed by atoms with Gasteiger partial charge >= 0.3 is 0 Å². The van der Waals surface area contributed by atoms with Crippen LogP contribution in [0.3, 0.4) is 0 Å². The van der Waals surface area contributed by atoms with E-state index in [4.69, 9.17) is 4.74 Å². The van der Waals surface area contributed by atoms with Crippen LogP contribution >= 0.6 is 0 Å². The van der Waals surface area contributed by atoms with Gasteiger partial charge in [0.15, 0.2) is 0 Å². The van der Waals surface area contributed by atoms with Gasteiger partial charge in [-0.05, 0) is 50.2 Å². The van der Waals surface area contributed by atoms with Crippen molar-refractivity contribution in [2.24, 2.45) is 0 Å². The normalized spacial score (nSPS) is 20.7. The van der Waals surface area contributed by atoms with Crippen LogP contribution in [0.1, 0.15) is 18.2 Å². The van der Waals surface area contributed by atoms with E-state index < -0.39 is 0 Å². The number of piperazine rings is 1. The molecule has 2 saturated heterocycles. The summed E-state index contributed by atoms with van der Waals surface area (Å²) in [6.45, 7) is 10.9. The van der Waals surface area contributed by atoms with E-state index in [0.717, 1.165) is 62.4 Å². The Morgan fingerprint density at radius 3 is 2.78 bits per heavy atom. The van der Waals surface area contributed by atoms with Gasteiger partial charge in [0, 0.05) is 84.9 Å². The summed E-state index contributed by atoms with van der Waals surface area (Å²) in [5, 5.41) is 16.6. The third kappa shape index (κ3) is 4.17. The number of hydrogen-bond donors (Lipinski definition) is 1. The van der Waals surface area contributed by atoms with Crippen molar-refractivity contribution in [2.45, 2.75) is 32.6 Å². The number of morpholine rings is 1. The standard InChI is InChI=1S/C29H32N6O/c1-20-16-35(28-8-5-22(15-30)29-27(28)4-3-9-32-29)19-25(36-20)18-34-17-23-14-24(6-7-26(23)21(34)2)33-12-10-31-11-13-33/h3-9,14,17,20,25,31H,10-13,16,18-19H2,1-2H3/t20-,25-/m1/s1. The van der Waals surface area contributed by atoms with Gasteiger partial charge in [-0.15, -0.1) is 0 Å². The van der Waals surface area contributed by atoms with Crippen molar-refractivity contribution in [1.29, 1.82) is 5.26 Å². The molecule has 0 spiro atoms. The van der Waals surface area contributed by atoms with E-state index >= 15 is 0 Å². The van der Waals surface area contributed by atoms with Crippen molar-refractivity contribution in [3.63, 3.8) is 0 Å². The van der Waals surface area contributed by atoms with Gasteiger partial charge in [-0.25, -0.2) is 0 Å². The number of benzene rings is 2. The molecular weight excluding hydrogens is 448 g/mol. The maximum atomic E-state index is 9.53. The number of pyridine rings is 1. The number of aryl methyl sites for hydroxylation is 1. The first kappa shape index (κ1) is 22.8. The molecule has 2 aliphatic rings. The van der Waals surface area contributed by atoms with Gasteiger partial charge in [0.25, 0.3) is 0 Å². The monoisotopic (exact) mass is 480 g/mol. The van der Waals surface area contributed by atoms with Gasteiger partial charge in [0.1, 0.15) is 6.07 Å². The van der Waals surface area contributed by atoms with Crippen LogP contribution in [0, 0.1) is 18.3 Å². The van der Waals surface area contributed by atoms with Crippen LogP contribution in [0.5, 0.6) is 0 Å². The maximum absolute atomic E-state index is 9.53. The lowest BCUT2D eigenvalue weighted by Gasteiger charge is -2.39. The Morgan fingerprint density at radius 1 is 1.08 bits per heavy atom. The predicted octanol–water partition coefficient (Wildman–Crippen LogP) is 4.07. The molecule has 4 aromatic rings. The first-order valence-corrected chi connectivity index (χ1v) is 12.8. The second-order valence-corrected chi connectivity index (χ2v) is 9.99. The second kappa shape index (κ2) is 9.45. The highest BCUT2D eigenvalue weighted by molar-refractivity contribution is 5.95. The predicted molar refractivity (Wildman–Crippen MR) is 145 cm³/mol. The van der Waals surface area contributed by atoms with Crippen LogP contribution in [0.25, 0.3) is 21.7 Å².